The van der Waals surface area contributed by atoms with Crippen molar-refractivity contribution in [2.75, 3.05) is 17.1 Å². The Morgan fingerprint density at radius 1 is 1.21 bits per heavy atom. The lowest BCUT2D eigenvalue weighted by molar-refractivity contribution is -0.122. The third kappa shape index (κ3) is 6.15. The molecule has 1 aromatic rings. The predicted molar refractivity (Wildman–Crippen MR) is 99.5 cm³/mol. The zero-order chi connectivity index (χ0) is 18.2. The summed E-state index contributed by atoms with van der Waals surface area (Å²) in [5.41, 5.74) is 0.501. The quantitative estimate of drug-likeness (QED) is 0.702. The van der Waals surface area contributed by atoms with E-state index in [1.807, 2.05) is 6.07 Å². The summed E-state index contributed by atoms with van der Waals surface area (Å²) in [4.78, 5) is 12.5. The average molecular weight is 355 g/mol. The summed E-state index contributed by atoms with van der Waals surface area (Å²) in [6.45, 7) is 6.47. The highest BCUT2D eigenvalue weighted by Gasteiger charge is 2.29. The number of para-hydroxylation sites is 1. The maximum Gasteiger partial charge on any atom is 0.243 e. The van der Waals surface area contributed by atoms with Gasteiger partial charge < -0.3 is 5.32 Å². The predicted octanol–water partition coefficient (Wildman–Crippen LogP) is 3.17. The lowest BCUT2D eigenvalue weighted by atomic mass is 9.99. The number of hydrogen-bond acceptors (Lipinski definition) is 3. The van der Waals surface area contributed by atoms with Crippen LogP contribution < -0.4 is 9.62 Å². The summed E-state index contributed by atoms with van der Waals surface area (Å²) in [5.74, 6) is 0.170. The molecule has 0 heterocycles. The fraction of sp³-hybridized carbons (Fsp3) is 0.611. The third-order valence-corrected chi connectivity index (χ3v) is 5.45. The number of carbonyl (C=O) groups is 1. The van der Waals surface area contributed by atoms with Crippen molar-refractivity contribution in [3.8, 4) is 0 Å². The second-order valence-corrected chi connectivity index (χ2v) is 8.09. The van der Waals surface area contributed by atoms with Crippen LogP contribution in [0.1, 0.15) is 46.5 Å². The summed E-state index contributed by atoms with van der Waals surface area (Å²) in [6, 6.07) is 7.94. The first kappa shape index (κ1) is 20.5. The molecule has 0 aliphatic rings. The van der Waals surface area contributed by atoms with Crippen LogP contribution in [0.5, 0.6) is 0 Å². The normalized spacial score (nSPS) is 14.0. The molecule has 1 rings (SSSR count). The van der Waals surface area contributed by atoms with Gasteiger partial charge in [-0.1, -0.05) is 51.3 Å². The fourth-order valence-electron chi connectivity index (χ4n) is 2.72. The van der Waals surface area contributed by atoms with Crippen LogP contribution in [0.4, 0.5) is 5.69 Å². The maximum atomic E-state index is 12.5. The van der Waals surface area contributed by atoms with Crippen LogP contribution in [0.15, 0.2) is 30.3 Å². The van der Waals surface area contributed by atoms with Crippen LogP contribution in [0, 0.1) is 5.92 Å². The molecule has 2 atom stereocenters. The Labute approximate surface area is 146 Å². The number of rotatable bonds is 10. The molecule has 0 spiro atoms. The van der Waals surface area contributed by atoms with Gasteiger partial charge in [-0.2, -0.15) is 0 Å². The number of carbonyl (C=O) groups excluding carboxylic acids is 1. The molecule has 0 radical (unpaired) electrons. The molecule has 1 amide bonds. The van der Waals surface area contributed by atoms with Gasteiger partial charge in [0.25, 0.3) is 0 Å². The van der Waals surface area contributed by atoms with E-state index in [0.717, 1.165) is 31.9 Å². The number of benzene rings is 1. The molecule has 24 heavy (non-hydrogen) atoms. The van der Waals surface area contributed by atoms with E-state index < -0.39 is 16.1 Å². The molecular formula is C18H30N2O3S. The lowest BCUT2D eigenvalue weighted by Crippen LogP contribution is -2.48. The van der Waals surface area contributed by atoms with Gasteiger partial charge >= 0.3 is 0 Å². The standard InChI is InChI=1S/C18H30N2O3S/c1-5-7-11-16(6-2)14-19-18(21)15(3)20(24(4,22)23)17-12-9-8-10-13-17/h8-10,12-13,15-16H,5-7,11,14H2,1-4H3,(H,19,21)/t15-,16-/m1/s1. The van der Waals surface area contributed by atoms with Crippen LogP contribution in [0.3, 0.4) is 0 Å². The summed E-state index contributed by atoms with van der Waals surface area (Å²) >= 11 is 0. The van der Waals surface area contributed by atoms with Crippen LogP contribution in [-0.2, 0) is 14.8 Å². The van der Waals surface area contributed by atoms with Crippen LogP contribution in [-0.4, -0.2) is 33.2 Å². The van der Waals surface area contributed by atoms with E-state index in [2.05, 4.69) is 19.2 Å². The average Bonchev–Trinajstić information content (AvgIpc) is 2.54. The molecule has 0 saturated carbocycles. The number of nitrogens with one attached hydrogen (secondary N) is 1. The van der Waals surface area contributed by atoms with Gasteiger partial charge in [0, 0.05) is 6.54 Å². The van der Waals surface area contributed by atoms with Gasteiger partial charge in [-0.05, 0) is 31.4 Å². The summed E-state index contributed by atoms with van der Waals surface area (Å²) in [5, 5.41) is 2.92. The van der Waals surface area contributed by atoms with Crippen LogP contribution in [0.2, 0.25) is 0 Å². The van der Waals surface area contributed by atoms with Crippen molar-refractivity contribution in [3.63, 3.8) is 0 Å². The van der Waals surface area contributed by atoms with Gasteiger partial charge in [-0.25, -0.2) is 8.42 Å². The minimum atomic E-state index is -3.55. The minimum Gasteiger partial charge on any atom is -0.354 e. The van der Waals surface area contributed by atoms with E-state index in [1.165, 1.54) is 4.31 Å². The molecule has 1 N–H and O–H groups in total. The Morgan fingerprint density at radius 2 is 1.83 bits per heavy atom. The molecule has 0 bridgehead atoms. The molecule has 136 valence electrons. The zero-order valence-electron chi connectivity index (χ0n) is 15.2. The summed E-state index contributed by atoms with van der Waals surface area (Å²) < 4.78 is 25.5. The Morgan fingerprint density at radius 3 is 2.33 bits per heavy atom. The van der Waals surface area contributed by atoms with Gasteiger partial charge in [0.15, 0.2) is 0 Å². The Bertz CT molecular complexity index is 602. The van der Waals surface area contributed by atoms with Gasteiger partial charge in [0.05, 0.1) is 11.9 Å². The second kappa shape index (κ2) is 9.67. The molecule has 0 aliphatic carbocycles. The zero-order valence-corrected chi connectivity index (χ0v) is 16.0. The number of unbranched alkanes of at least 4 members (excludes halogenated alkanes) is 1. The Kier molecular flexibility index (Phi) is 8.25. The lowest BCUT2D eigenvalue weighted by Gasteiger charge is -2.28. The molecule has 1 aromatic carbocycles. The van der Waals surface area contributed by atoms with Crippen molar-refractivity contribution in [2.45, 2.75) is 52.5 Å². The monoisotopic (exact) mass is 354 g/mol. The first-order valence-electron chi connectivity index (χ1n) is 8.63. The number of sulfonamides is 1. The molecule has 0 aliphatic heterocycles. The number of amides is 1. The van der Waals surface area contributed by atoms with Gasteiger partial charge in [0.2, 0.25) is 15.9 Å². The van der Waals surface area contributed by atoms with Gasteiger partial charge in [-0.15, -0.1) is 0 Å². The molecule has 0 unspecified atom stereocenters. The van der Waals surface area contributed by atoms with Crippen molar-refractivity contribution in [1.29, 1.82) is 0 Å². The number of anilines is 1. The van der Waals surface area contributed by atoms with E-state index in [4.69, 9.17) is 0 Å². The van der Waals surface area contributed by atoms with E-state index in [-0.39, 0.29) is 5.91 Å². The molecular weight excluding hydrogens is 324 g/mol. The summed E-state index contributed by atoms with van der Waals surface area (Å²) in [6.07, 6.45) is 5.49. The Balaban J connectivity index is 2.80. The third-order valence-electron chi connectivity index (χ3n) is 4.21. The van der Waals surface area contributed by atoms with Crippen molar-refractivity contribution >= 4 is 21.6 Å². The molecule has 5 nitrogen and oxygen atoms in total. The molecule has 0 fully saturated rings. The van der Waals surface area contributed by atoms with Crippen LogP contribution in [0.25, 0.3) is 0 Å². The van der Waals surface area contributed by atoms with E-state index in [1.54, 1.807) is 31.2 Å². The summed E-state index contributed by atoms with van der Waals surface area (Å²) in [7, 11) is -3.55. The smallest absolute Gasteiger partial charge is 0.243 e. The largest absolute Gasteiger partial charge is 0.354 e. The van der Waals surface area contributed by atoms with E-state index in [0.29, 0.717) is 18.2 Å². The van der Waals surface area contributed by atoms with Crippen molar-refractivity contribution < 1.29 is 13.2 Å². The first-order valence-corrected chi connectivity index (χ1v) is 10.5. The van der Waals surface area contributed by atoms with Crippen molar-refractivity contribution in [3.05, 3.63) is 30.3 Å². The second-order valence-electron chi connectivity index (χ2n) is 6.23. The maximum absolute atomic E-state index is 12.5. The van der Waals surface area contributed by atoms with Crippen molar-refractivity contribution in [1.82, 2.24) is 5.32 Å². The number of hydrogen-bond donors (Lipinski definition) is 1. The highest BCUT2D eigenvalue weighted by Crippen LogP contribution is 2.20. The Hall–Kier alpha value is -1.56. The van der Waals surface area contributed by atoms with E-state index >= 15 is 0 Å². The van der Waals surface area contributed by atoms with Gasteiger partial charge in [-0.3, -0.25) is 9.10 Å². The van der Waals surface area contributed by atoms with Gasteiger partial charge in [0.1, 0.15) is 6.04 Å². The van der Waals surface area contributed by atoms with Crippen LogP contribution >= 0.6 is 0 Å². The van der Waals surface area contributed by atoms with E-state index in [9.17, 15) is 13.2 Å². The van der Waals surface area contributed by atoms with Crippen molar-refractivity contribution in [2.24, 2.45) is 5.92 Å². The fourth-order valence-corrected chi connectivity index (χ4v) is 3.89. The molecule has 0 saturated heterocycles. The SMILES string of the molecule is CCCC[C@@H](CC)CNC(=O)[C@@H](C)N(c1ccccc1)S(C)(=O)=O. The highest BCUT2D eigenvalue weighted by atomic mass is 32.2. The topological polar surface area (TPSA) is 66.5 Å². The highest BCUT2D eigenvalue weighted by molar-refractivity contribution is 7.92. The minimum absolute atomic E-state index is 0.265. The molecule has 0 aromatic heterocycles. The first-order chi connectivity index (χ1) is 11.3. The number of nitrogens with zero attached hydrogens (tertiary/aromatic N) is 1. The molecule has 6 heteroatoms.